The molecule has 0 N–H and O–H groups in total. The molecule has 0 aromatic carbocycles. The molecule has 1 saturated carbocycles. The topological polar surface area (TPSA) is 67.4 Å². The largest absolute Gasteiger partial charge is 0.224 e. The molecule has 2 unspecified atom stereocenters. The first kappa shape index (κ1) is 9.46. The summed E-state index contributed by atoms with van der Waals surface area (Å²) in [7, 11) is 1.82. The van der Waals surface area contributed by atoms with E-state index < -0.39 is 0 Å². The first-order valence-corrected chi connectivity index (χ1v) is 5.48. The van der Waals surface area contributed by atoms with Gasteiger partial charge in [0.2, 0.25) is 5.16 Å². The molecule has 1 aromatic rings. The molecule has 1 aliphatic rings. The average molecular weight is 209 g/mol. The van der Waals surface area contributed by atoms with E-state index in [4.69, 9.17) is 5.26 Å². The van der Waals surface area contributed by atoms with Crippen LogP contribution < -0.4 is 0 Å². The molecule has 0 amide bonds. The summed E-state index contributed by atoms with van der Waals surface area (Å²) in [6.07, 6.45) is 3.25. The second-order valence-electron chi connectivity index (χ2n) is 3.41. The summed E-state index contributed by atoms with van der Waals surface area (Å²) in [6.45, 7) is 0. The van der Waals surface area contributed by atoms with Gasteiger partial charge in [0, 0.05) is 12.3 Å². The quantitative estimate of drug-likeness (QED) is 0.726. The maximum Gasteiger partial charge on any atom is 0.209 e. The highest BCUT2D eigenvalue weighted by Gasteiger charge is 2.29. The van der Waals surface area contributed by atoms with E-state index in [0.29, 0.717) is 5.25 Å². The molecule has 2 rings (SSSR count). The Morgan fingerprint density at radius 2 is 2.43 bits per heavy atom. The molecule has 1 heterocycles. The Morgan fingerprint density at radius 1 is 1.57 bits per heavy atom. The van der Waals surface area contributed by atoms with Gasteiger partial charge in [-0.2, -0.15) is 5.26 Å². The summed E-state index contributed by atoms with van der Waals surface area (Å²) < 4.78 is 1.65. The number of aryl methyl sites for hydroxylation is 1. The molecule has 2 atom stereocenters. The maximum absolute atomic E-state index is 8.91. The van der Waals surface area contributed by atoms with Crippen molar-refractivity contribution < 1.29 is 0 Å². The Balaban J connectivity index is 2.05. The minimum absolute atomic E-state index is 0.164. The van der Waals surface area contributed by atoms with Gasteiger partial charge in [0.05, 0.1) is 12.0 Å². The molecule has 74 valence electrons. The van der Waals surface area contributed by atoms with E-state index in [0.717, 1.165) is 24.4 Å². The number of rotatable bonds is 2. The first-order valence-electron chi connectivity index (χ1n) is 4.60. The number of nitriles is 1. The molecule has 0 bridgehead atoms. The van der Waals surface area contributed by atoms with Crippen molar-refractivity contribution in [2.24, 2.45) is 13.0 Å². The molecule has 0 radical (unpaired) electrons. The van der Waals surface area contributed by atoms with E-state index in [2.05, 4.69) is 21.6 Å². The van der Waals surface area contributed by atoms with E-state index in [1.54, 1.807) is 16.4 Å². The van der Waals surface area contributed by atoms with Crippen LogP contribution in [0.4, 0.5) is 0 Å². The zero-order valence-corrected chi connectivity index (χ0v) is 8.74. The van der Waals surface area contributed by atoms with Crippen LogP contribution in [-0.2, 0) is 7.05 Å². The Labute approximate surface area is 86.5 Å². The van der Waals surface area contributed by atoms with Crippen molar-refractivity contribution >= 4 is 11.8 Å². The Hall–Kier alpha value is -1.09. The highest BCUT2D eigenvalue weighted by atomic mass is 32.2. The minimum Gasteiger partial charge on any atom is -0.224 e. The molecule has 0 spiro atoms. The van der Waals surface area contributed by atoms with Crippen molar-refractivity contribution in [1.82, 2.24) is 20.2 Å². The molecule has 1 fully saturated rings. The predicted octanol–water partition coefficient (Wildman–Crippen LogP) is 0.994. The van der Waals surface area contributed by atoms with Crippen LogP contribution in [0.25, 0.3) is 0 Å². The highest BCUT2D eigenvalue weighted by molar-refractivity contribution is 7.99. The van der Waals surface area contributed by atoms with Crippen molar-refractivity contribution in [3.05, 3.63) is 0 Å². The van der Waals surface area contributed by atoms with Crippen LogP contribution in [0.15, 0.2) is 5.16 Å². The Bertz CT molecular complexity index is 355. The SMILES string of the molecule is Cn1nnnc1SC1CCCC1C#N. The monoisotopic (exact) mass is 209 g/mol. The van der Waals surface area contributed by atoms with Crippen molar-refractivity contribution in [1.29, 1.82) is 5.26 Å². The van der Waals surface area contributed by atoms with Gasteiger partial charge in [-0.1, -0.05) is 18.2 Å². The fraction of sp³-hybridized carbons (Fsp3) is 0.750. The molecule has 14 heavy (non-hydrogen) atoms. The van der Waals surface area contributed by atoms with E-state index in [9.17, 15) is 0 Å². The van der Waals surface area contributed by atoms with Crippen LogP contribution in [0, 0.1) is 17.2 Å². The highest BCUT2D eigenvalue weighted by Crippen LogP contribution is 2.37. The zero-order valence-electron chi connectivity index (χ0n) is 7.92. The number of thioether (sulfide) groups is 1. The second kappa shape index (κ2) is 3.96. The summed E-state index contributed by atoms with van der Waals surface area (Å²) in [6, 6.07) is 2.35. The number of aromatic nitrogens is 4. The van der Waals surface area contributed by atoms with Crippen molar-refractivity contribution in [3.63, 3.8) is 0 Å². The third-order valence-electron chi connectivity index (χ3n) is 2.46. The maximum atomic E-state index is 8.91. The molecule has 0 saturated heterocycles. The lowest BCUT2D eigenvalue weighted by atomic mass is 10.1. The summed E-state index contributed by atoms with van der Waals surface area (Å²) in [5.41, 5.74) is 0. The van der Waals surface area contributed by atoms with Crippen molar-refractivity contribution in [2.75, 3.05) is 0 Å². The lowest BCUT2D eigenvalue weighted by Crippen LogP contribution is -2.09. The van der Waals surface area contributed by atoms with E-state index >= 15 is 0 Å². The van der Waals surface area contributed by atoms with Crippen LogP contribution in [-0.4, -0.2) is 25.5 Å². The third kappa shape index (κ3) is 1.73. The van der Waals surface area contributed by atoms with E-state index in [1.165, 1.54) is 0 Å². The number of nitrogens with zero attached hydrogens (tertiary/aromatic N) is 5. The number of hydrogen-bond acceptors (Lipinski definition) is 5. The van der Waals surface area contributed by atoms with Crippen LogP contribution >= 0.6 is 11.8 Å². The molecule has 0 aliphatic heterocycles. The first-order chi connectivity index (χ1) is 6.81. The number of tetrazole rings is 1. The molecule has 6 heteroatoms. The van der Waals surface area contributed by atoms with Gasteiger partial charge in [0.15, 0.2) is 0 Å². The lowest BCUT2D eigenvalue weighted by Gasteiger charge is -2.10. The smallest absolute Gasteiger partial charge is 0.209 e. The van der Waals surface area contributed by atoms with E-state index in [1.807, 2.05) is 7.05 Å². The summed E-state index contributed by atoms with van der Waals surface area (Å²) in [5, 5.41) is 21.3. The predicted molar refractivity (Wildman–Crippen MR) is 51.4 cm³/mol. The van der Waals surface area contributed by atoms with Gasteiger partial charge >= 0.3 is 0 Å². The third-order valence-corrected chi connectivity index (χ3v) is 3.88. The van der Waals surface area contributed by atoms with Crippen molar-refractivity contribution in [3.8, 4) is 6.07 Å². The van der Waals surface area contributed by atoms with E-state index in [-0.39, 0.29) is 5.92 Å². The van der Waals surface area contributed by atoms with Gasteiger partial charge in [-0.05, 0) is 23.3 Å². The summed E-state index contributed by atoms with van der Waals surface area (Å²) in [5.74, 6) is 0.164. The summed E-state index contributed by atoms with van der Waals surface area (Å²) in [4.78, 5) is 0. The van der Waals surface area contributed by atoms with Crippen LogP contribution in [0.3, 0.4) is 0 Å². The van der Waals surface area contributed by atoms with Crippen LogP contribution in [0.5, 0.6) is 0 Å². The lowest BCUT2D eigenvalue weighted by molar-refractivity contribution is 0.657. The van der Waals surface area contributed by atoms with Gasteiger partial charge in [-0.25, -0.2) is 4.68 Å². The summed E-state index contributed by atoms with van der Waals surface area (Å²) >= 11 is 1.62. The molecular formula is C8H11N5S. The van der Waals surface area contributed by atoms with Crippen LogP contribution in [0.1, 0.15) is 19.3 Å². The minimum atomic E-state index is 0.164. The van der Waals surface area contributed by atoms with Gasteiger partial charge in [0.1, 0.15) is 0 Å². The molecule has 1 aromatic heterocycles. The Morgan fingerprint density at radius 3 is 3.07 bits per heavy atom. The molecule has 5 nitrogen and oxygen atoms in total. The van der Waals surface area contributed by atoms with Gasteiger partial charge < -0.3 is 0 Å². The standard InChI is InChI=1S/C8H11N5S/c1-13-8(10-11-12-13)14-7-4-2-3-6(7)5-9/h6-7H,2-4H2,1H3. The fourth-order valence-corrected chi connectivity index (χ4v) is 2.86. The fourth-order valence-electron chi connectivity index (χ4n) is 1.67. The molecular weight excluding hydrogens is 198 g/mol. The average Bonchev–Trinajstić information content (AvgIpc) is 2.77. The normalized spacial score (nSPS) is 26.3. The van der Waals surface area contributed by atoms with Crippen molar-refractivity contribution in [2.45, 2.75) is 29.7 Å². The van der Waals surface area contributed by atoms with Crippen LogP contribution in [0.2, 0.25) is 0 Å². The number of hydrogen-bond donors (Lipinski definition) is 0. The Kier molecular flexibility index (Phi) is 2.68. The zero-order chi connectivity index (χ0) is 9.97. The molecule has 1 aliphatic carbocycles. The van der Waals surface area contributed by atoms with Gasteiger partial charge in [-0.3, -0.25) is 0 Å². The second-order valence-corrected chi connectivity index (χ2v) is 4.61. The van der Waals surface area contributed by atoms with Gasteiger partial charge in [0.25, 0.3) is 0 Å². The van der Waals surface area contributed by atoms with Gasteiger partial charge in [-0.15, -0.1) is 5.10 Å².